The van der Waals surface area contributed by atoms with Gasteiger partial charge in [-0.3, -0.25) is 4.90 Å². The van der Waals surface area contributed by atoms with E-state index in [1.165, 1.54) is 43.5 Å². The lowest BCUT2D eigenvalue weighted by Crippen LogP contribution is -2.42. The van der Waals surface area contributed by atoms with Crippen molar-refractivity contribution in [3.05, 3.63) is 35.4 Å². The topological polar surface area (TPSA) is 40.6 Å². The molecule has 0 aliphatic carbocycles. The molecule has 0 saturated carbocycles. The molecular formula is C21H34N2O2S. The van der Waals surface area contributed by atoms with Gasteiger partial charge in [0.15, 0.2) is 0 Å². The highest BCUT2D eigenvalue weighted by Crippen LogP contribution is 2.25. The molecule has 4 nitrogen and oxygen atoms in total. The molecule has 0 bridgehead atoms. The van der Waals surface area contributed by atoms with Crippen molar-refractivity contribution in [1.29, 1.82) is 0 Å². The van der Waals surface area contributed by atoms with Gasteiger partial charge in [-0.15, -0.1) is 0 Å². The summed E-state index contributed by atoms with van der Waals surface area (Å²) in [6.07, 6.45) is 7.07. The molecule has 0 unspecified atom stereocenters. The van der Waals surface area contributed by atoms with Crippen molar-refractivity contribution in [1.82, 2.24) is 9.21 Å². The Bertz CT molecular complexity index is 656. The van der Waals surface area contributed by atoms with Crippen LogP contribution in [0.1, 0.15) is 57.1 Å². The highest BCUT2D eigenvalue weighted by Gasteiger charge is 2.30. The standard InChI is InChI=1S/C21H34N2O2S/c1-18(2)26(24,25)23-14-10-20(11-15-23)16-19-6-8-21(9-7-19)17-22-12-4-3-5-13-22/h6-9,18,20H,3-5,10-17H2,1-2H3. The molecule has 26 heavy (non-hydrogen) atoms. The van der Waals surface area contributed by atoms with E-state index in [4.69, 9.17) is 0 Å². The van der Waals surface area contributed by atoms with E-state index < -0.39 is 10.0 Å². The van der Waals surface area contributed by atoms with Crippen LogP contribution in [-0.2, 0) is 23.0 Å². The van der Waals surface area contributed by atoms with Crippen molar-refractivity contribution in [2.24, 2.45) is 5.92 Å². The van der Waals surface area contributed by atoms with E-state index in [0.717, 1.165) is 25.8 Å². The normalized spacial score (nSPS) is 21.3. The van der Waals surface area contributed by atoms with E-state index >= 15 is 0 Å². The van der Waals surface area contributed by atoms with E-state index in [1.54, 1.807) is 18.2 Å². The Morgan fingerprint density at radius 1 is 0.923 bits per heavy atom. The molecule has 0 N–H and O–H groups in total. The Labute approximate surface area is 159 Å². The third-order valence-corrected chi connectivity index (χ3v) is 8.21. The minimum Gasteiger partial charge on any atom is -0.299 e. The maximum Gasteiger partial charge on any atom is 0.216 e. The van der Waals surface area contributed by atoms with E-state index in [2.05, 4.69) is 29.2 Å². The lowest BCUT2D eigenvalue weighted by molar-refractivity contribution is 0.221. The molecule has 1 aromatic carbocycles. The molecule has 0 spiro atoms. The SMILES string of the molecule is CC(C)S(=O)(=O)N1CCC(Cc2ccc(CN3CCCCC3)cc2)CC1. The Morgan fingerprint density at radius 3 is 2.08 bits per heavy atom. The molecule has 2 saturated heterocycles. The molecule has 1 aromatic rings. The summed E-state index contributed by atoms with van der Waals surface area (Å²) < 4.78 is 26.2. The third-order valence-electron chi connectivity index (χ3n) is 5.93. The van der Waals surface area contributed by atoms with E-state index in [-0.39, 0.29) is 5.25 Å². The number of benzene rings is 1. The maximum atomic E-state index is 12.3. The summed E-state index contributed by atoms with van der Waals surface area (Å²) in [6.45, 7) is 8.45. The predicted octanol–water partition coefficient (Wildman–Crippen LogP) is 3.67. The molecule has 2 aliphatic rings. The van der Waals surface area contributed by atoms with Crippen LogP contribution >= 0.6 is 0 Å². The van der Waals surface area contributed by atoms with Gasteiger partial charge >= 0.3 is 0 Å². The second-order valence-corrected chi connectivity index (χ2v) is 10.8. The third kappa shape index (κ3) is 5.08. The first-order valence-corrected chi connectivity index (χ1v) is 11.7. The molecule has 0 amide bonds. The van der Waals surface area contributed by atoms with E-state index in [0.29, 0.717) is 19.0 Å². The minimum absolute atomic E-state index is 0.313. The van der Waals surface area contributed by atoms with Crippen LogP contribution in [-0.4, -0.2) is 49.1 Å². The van der Waals surface area contributed by atoms with Crippen molar-refractivity contribution in [3.63, 3.8) is 0 Å². The Balaban J connectivity index is 1.48. The summed E-state index contributed by atoms with van der Waals surface area (Å²) in [5, 5.41) is -0.313. The summed E-state index contributed by atoms with van der Waals surface area (Å²) in [6, 6.07) is 9.11. The Hall–Kier alpha value is -0.910. The average molecular weight is 379 g/mol. The monoisotopic (exact) mass is 378 g/mol. The summed E-state index contributed by atoms with van der Waals surface area (Å²) in [5.74, 6) is 0.599. The fourth-order valence-electron chi connectivity index (χ4n) is 4.16. The Kier molecular flexibility index (Phi) is 6.76. The maximum absolute atomic E-state index is 12.3. The van der Waals surface area contributed by atoms with Crippen LogP contribution in [0.3, 0.4) is 0 Å². The highest BCUT2D eigenvalue weighted by atomic mass is 32.2. The summed E-state index contributed by atoms with van der Waals surface area (Å²) in [4.78, 5) is 2.56. The second kappa shape index (κ2) is 8.85. The van der Waals surface area contributed by atoms with Gasteiger partial charge in [0.2, 0.25) is 10.0 Å². The largest absolute Gasteiger partial charge is 0.299 e. The van der Waals surface area contributed by atoms with Gasteiger partial charge in [0.25, 0.3) is 0 Å². The zero-order valence-corrected chi connectivity index (χ0v) is 17.2. The van der Waals surface area contributed by atoms with Gasteiger partial charge in [-0.1, -0.05) is 30.7 Å². The summed E-state index contributed by atoms with van der Waals surface area (Å²) in [7, 11) is -3.09. The van der Waals surface area contributed by atoms with Gasteiger partial charge in [0.1, 0.15) is 0 Å². The van der Waals surface area contributed by atoms with Crippen molar-refractivity contribution in [2.45, 2.75) is 64.2 Å². The van der Waals surface area contributed by atoms with Crippen LogP contribution in [0.4, 0.5) is 0 Å². The quantitative estimate of drug-likeness (QED) is 0.758. The molecule has 2 fully saturated rings. The first kappa shape index (κ1) is 19.8. The van der Waals surface area contributed by atoms with E-state index in [1.807, 2.05) is 0 Å². The molecule has 0 radical (unpaired) electrons. The number of nitrogens with zero attached hydrogens (tertiary/aromatic N) is 2. The number of sulfonamides is 1. The zero-order valence-electron chi connectivity index (χ0n) is 16.4. The first-order chi connectivity index (χ1) is 12.4. The molecule has 0 aromatic heterocycles. The van der Waals surface area contributed by atoms with Gasteiger partial charge in [-0.25, -0.2) is 12.7 Å². The highest BCUT2D eigenvalue weighted by molar-refractivity contribution is 7.89. The molecule has 3 rings (SSSR count). The lowest BCUT2D eigenvalue weighted by Gasteiger charge is -2.32. The fourth-order valence-corrected chi connectivity index (χ4v) is 5.47. The van der Waals surface area contributed by atoms with Crippen LogP contribution in [0, 0.1) is 5.92 Å². The zero-order chi connectivity index (χ0) is 18.6. The van der Waals surface area contributed by atoms with E-state index in [9.17, 15) is 8.42 Å². The first-order valence-electron chi connectivity index (χ1n) is 10.2. The number of hydrogen-bond donors (Lipinski definition) is 0. The number of likely N-dealkylation sites (tertiary alicyclic amines) is 1. The van der Waals surface area contributed by atoms with Crippen molar-refractivity contribution in [2.75, 3.05) is 26.2 Å². The molecule has 5 heteroatoms. The van der Waals surface area contributed by atoms with Gasteiger partial charge in [0, 0.05) is 19.6 Å². The van der Waals surface area contributed by atoms with Crippen LogP contribution in [0.25, 0.3) is 0 Å². The number of piperidine rings is 2. The van der Waals surface area contributed by atoms with Crippen molar-refractivity contribution < 1.29 is 8.42 Å². The van der Waals surface area contributed by atoms with Gasteiger partial charge in [-0.05, 0) is 76.1 Å². The van der Waals surface area contributed by atoms with Gasteiger partial charge in [-0.2, -0.15) is 0 Å². The summed E-state index contributed by atoms with van der Waals surface area (Å²) >= 11 is 0. The number of hydrogen-bond acceptors (Lipinski definition) is 3. The minimum atomic E-state index is -3.09. The van der Waals surface area contributed by atoms with Crippen LogP contribution in [0.15, 0.2) is 24.3 Å². The van der Waals surface area contributed by atoms with Crippen LogP contribution in [0.2, 0.25) is 0 Å². The van der Waals surface area contributed by atoms with Gasteiger partial charge in [0.05, 0.1) is 5.25 Å². The van der Waals surface area contributed by atoms with Crippen molar-refractivity contribution in [3.8, 4) is 0 Å². The van der Waals surface area contributed by atoms with Crippen LogP contribution < -0.4 is 0 Å². The lowest BCUT2D eigenvalue weighted by atomic mass is 9.90. The predicted molar refractivity (Wildman–Crippen MR) is 108 cm³/mol. The molecule has 146 valence electrons. The fraction of sp³-hybridized carbons (Fsp3) is 0.714. The smallest absolute Gasteiger partial charge is 0.216 e. The van der Waals surface area contributed by atoms with Crippen LogP contribution in [0.5, 0.6) is 0 Å². The second-order valence-electron chi connectivity index (χ2n) is 8.29. The summed E-state index contributed by atoms with van der Waals surface area (Å²) in [5.41, 5.74) is 2.80. The average Bonchev–Trinajstić information content (AvgIpc) is 2.64. The molecule has 2 aliphatic heterocycles. The van der Waals surface area contributed by atoms with Crippen molar-refractivity contribution >= 4 is 10.0 Å². The Morgan fingerprint density at radius 2 is 1.50 bits per heavy atom. The molecule has 0 atom stereocenters. The van der Waals surface area contributed by atoms with Gasteiger partial charge < -0.3 is 0 Å². The molecular weight excluding hydrogens is 344 g/mol. The molecule has 2 heterocycles. The number of rotatable bonds is 6.